The minimum atomic E-state index is -0.585. The maximum atomic E-state index is 14.0. The summed E-state index contributed by atoms with van der Waals surface area (Å²) in [7, 11) is 1.62. The highest BCUT2D eigenvalue weighted by atomic mass is 16.7. The monoisotopic (exact) mass is 499 g/mol. The molecule has 3 aromatic rings. The number of hydrogen-bond donors (Lipinski definition) is 2. The molecule has 1 saturated heterocycles. The predicted molar refractivity (Wildman–Crippen MR) is 137 cm³/mol. The zero-order valence-corrected chi connectivity index (χ0v) is 20.6. The van der Waals surface area contributed by atoms with Crippen LogP contribution >= 0.6 is 0 Å². The Morgan fingerprint density at radius 2 is 1.92 bits per heavy atom. The van der Waals surface area contributed by atoms with Crippen LogP contribution in [0.15, 0.2) is 78.4 Å². The number of benzene rings is 2. The van der Waals surface area contributed by atoms with Crippen molar-refractivity contribution in [3.63, 3.8) is 0 Å². The second-order valence-electron chi connectivity index (χ2n) is 9.54. The second-order valence-corrected chi connectivity index (χ2v) is 9.54. The van der Waals surface area contributed by atoms with Crippen molar-refractivity contribution >= 4 is 22.7 Å². The van der Waals surface area contributed by atoms with Gasteiger partial charge in [-0.15, -0.1) is 0 Å². The summed E-state index contributed by atoms with van der Waals surface area (Å²) in [5.74, 6) is 0.811. The molecule has 8 nitrogen and oxygen atoms in total. The first-order valence-corrected chi connectivity index (χ1v) is 12.6. The van der Waals surface area contributed by atoms with E-state index in [0.29, 0.717) is 25.3 Å². The van der Waals surface area contributed by atoms with Crippen LogP contribution in [-0.2, 0) is 19.0 Å². The Kier molecular flexibility index (Phi) is 6.18. The molecule has 3 heterocycles. The van der Waals surface area contributed by atoms with E-state index < -0.39 is 12.0 Å². The molecular formula is C29H29N3O5. The molecule has 0 bridgehead atoms. The molecule has 0 spiro atoms. The third-order valence-corrected chi connectivity index (χ3v) is 7.40. The van der Waals surface area contributed by atoms with Crippen molar-refractivity contribution in [2.75, 3.05) is 33.6 Å². The standard InChI is InChI=1S/C29H29N3O5/c1-35-13-12-32-27(22-16-30-23-9-5-4-6-19(22)23)26(20-7-2-3-8-21(20)29(32)34)28(33)31-15-18-10-11-24-25(14-18)37-17-36-24/h2-9,11,14,16,18,26-27,30H,10,12-13,15,17H2,1H3,(H,31,33). The smallest absolute Gasteiger partial charge is 0.254 e. The Balaban J connectivity index is 1.37. The van der Waals surface area contributed by atoms with Crippen LogP contribution in [0.5, 0.6) is 0 Å². The van der Waals surface area contributed by atoms with E-state index in [2.05, 4.69) is 10.3 Å². The van der Waals surface area contributed by atoms with Gasteiger partial charge in [0.05, 0.1) is 18.6 Å². The van der Waals surface area contributed by atoms with Crippen LogP contribution in [0.25, 0.3) is 10.9 Å². The first-order valence-electron chi connectivity index (χ1n) is 12.6. The van der Waals surface area contributed by atoms with Gasteiger partial charge in [0.25, 0.3) is 5.91 Å². The van der Waals surface area contributed by atoms with E-state index in [1.807, 2.05) is 60.8 Å². The van der Waals surface area contributed by atoms with Crippen molar-refractivity contribution in [1.82, 2.24) is 15.2 Å². The van der Waals surface area contributed by atoms with Gasteiger partial charge >= 0.3 is 0 Å². The Morgan fingerprint density at radius 1 is 1.11 bits per heavy atom. The number of aromatic amines is 1. The lowest BCUT2D eigenvalue weighted by Gasteiger charge is -2.41. The summed E-state index contributed by atoms with van der Waals surface area (Å²) >= 11 is 0. The van der Waals surface area contributed by atoms with E-state index in [4.69, 9.17) is 14.2 Å². The molecule has 2 aromatic carbocycles. The molecule has 3 atom stereocenters. The Labute approximate surface area is 214 Å². The van der Waals surface area contributed by atoms with Gasteiger partial charge in [0, 0.05) is 54.3 Å². The SMILES string of the molecule is COCCN1C(=O)c2ccccc2C(C(=O)NCC2C=C3OCOC3=CC2)C1c1c[nH]c2ccccc12. The summed E-state index contributed by atoms with van der Waals surface area (Å²) < 4.78 is 16.3. The second kappa shape index (κ2) is 9.78. The number of aromatic nitrogens is 1. The Morgan fingerprint density at radius 3 is 2.81 bits per heavy atom. The van der Waals surface area contributed by atoms with Crippen LogP contribution in [-0.4, -0.2) is 55.3 Å². The van der Waals surface area contributed by atoms with Gasteiger partial charge in [-0.3, -0.25) is 9.59 Å². The normalized spacial score (nSPS) is 22.5. The number of ether oxygens (including phenoxy) is 3. The molecule has 1 fully saturated rings. The van der Waals surface area contributed by atoms with Gasteiger partial charge in [-0.1, -0.05) is 36.4 Å². The van der Waals surface area contributed by atoms with Crippen molar-refractivity contribution < 1.29 is 23.8 Å². The quantitative estimate of drug-likeness (QED) is 0.513. The predicted octanol–water partition coefficient (Wildman–Crippen LogP) is 4.00. The molecule has 2 amide bonds. The summed E-state index contributed by atoms with van der Waals surface area (Å²) in [4.78, 5) is 32.9. The minimum absolute atomic E-state index is 0.0972. The zero-order chi connectivity index (χ0) is 25.4. The number of carbonyl (C=O) groups is 2. The number of nitrogens with one attached hydrogen (secondary N) is 2. The van der Waals surface area contributed by atoms with Crippen molar-refractivity contribution in [2.45, 2.75) is 18.4 Å². The number of hydrogen-bond acceptors (Lipinski definition) is 5. The van der Waals surface area contributed by atoms with E-state index in [1.54, 1.807) is 18.1 Å². The lowest BCUT2D eigenvalue weighted by molar-refractivity contribution is -0.124. The maximum absolute atomic E-state index is 14.0. The highest BCUT2D eigenvalue weighted by Crippen LogP contribution is 2.44. The van der Waals surface area contributed by atoms with Crippen LogP contribution < -0.4 is 5.32 Å². The molecule has 1 aromatic heterocycles. The van der Waals surface area contributed by atoms with Gasteiger partial charge < -0.3 is 29.4 Å². The fourth-order valence-corrected chi connectivity index (χ4v) is 5.61. The van der Waals surface area contributed by atoms with Crippen LogP contribution in [0.1, 0.15) is 39.9 Å². The average Bonchev–Trinajstić information content (AvgIpc) is 3.58. The molecule has 2 N–H and O–H groups in total. The topological polar surface area (TPSA) is 92.9 Å². The van der Waals surface area contributed by atoms with Gasteiger partial charge in [0.15, 0.2) is 11.5 Å². The fourth-order valence-electron chi connectivity index (χ4n) is 5.61. The van der Waals surface area contributed by atoms with Crippen molar-refractivity contribution in [3.05, 3.63) is 95.1 Å². The Hall–Kier alpha value is -4.04. The number of fused-ring (bicyclic) bond motifs is 3. The lowest BCUT2D eigenvalue weighted by atomic mass is 9.79. The van der Waals surface area contributed by atoms with Crippen LogP contribution in [0, 0.1) is 5.92 Å². The number of rotatable bonds is 7. The summed E-state index contributed by atoms with van der Waals surface area (Å²) in [5, 5.41) is 4.18. The third kappa shape index (κ3) is 4.17. The zero-order valence-electron chi connectivity index (χ0n) is 20.6. The van der Waals surface area contributed by atoms with E-state index in [0.717, 1.165) is 40.0 Å². The Bertz CT molecular complexity index is 1410. The molecule has 190 valence electrons. The first kappa shape index (κ1) is 23.4. The number of methoxy groups -OCH3 is 1. The third-order valence-electron chi connectivity index (χ3n) is 7.40. The first-order chi connectivity index (χ1) is 18.2. The van der Waals surface area contributed by atoms with Gasteiger partial charge in [-0.2, -0.15) is 0 Å². The average molecular weight is 500 g/mol. The number of H-pyrrole nitrogens is 1. The number of amides is 2. The number of para-hydroxylation sites is 1. The minimum Gasteiger partial charge on any atom is -0.454 e. The lowest BCUT2D eigenvalue weighted by Crippen LogP contribution is -2.48. The molecule has 6 rings (SSSR count). The van der Waals surface area contributed by atoms with E-state index in [-0.39, 0.29) is 24.5 Å². The van der Waals surface area contributed by atoms with Gasteiger partial charge in [0.2, 0.25) is 12.7 Å². The molecule has 1 aliphatic carbocycles. The number of allylic oxidation sites excluding steroid dienone is 1. The fraction of sp³-hybridized carbons (Fsp3) is 0.310. The van der Waals surface area contributed by atoms with Gasteiger partial charge in [-0.05, 0) is 36.3 Å². The number of nitrogens with zero attached hydrogens (tertiary/aromatic N) is 1. The summed E-state index contributed by atoms with van der Waals surface area (Å²) in [6.07, 6.45) is 6.71. The van der Waals surface area contributed by atoms with Crippen LogP contribution in [0.4, 0.5) is 0 Å². The van der Waals surface area contributed by atoms with Crippen molar-refractivity contribution in [3.8, 4) is 0 Å². The molecule has 2 aliphatic heterocycles. The van der Waals surface area contributed by atoms with E-state index >= 15 is 0 Å². The summed E-state index contributed by atoms with van der Waals surface area (Å²) in [5.41, 5.74) is 3.17. The highest BCUT2D eigenvalue weighted by molar-refractivity contribution is 6.02. The van der Waals surface area contributed by atoms with Crippen molar-refractivity contribution in [1.29, 1.82) is 0 Å². The van der Waals surface area contributed by atoms with Gasteiger partial charge in [-0.25, -0.2) is 0 Å². The molecule has 0 radical (unpaired) electrons. The highest BCUT2D eigenvalue weighted by Gasteiger charge is 2.44. The van der Waals surface area contributed by atoms with E-state index in [1.165, 1.54) is 0 Å². The van der Waals surface area contributed by atoms with E-state index in [9.17, 15) is 9.59 Å². The molecule has 3 unspecified atom stereocenters. The number of carbonyl (C=O) groups excluding carboxylic acids is 2. The summed E-state index contributed by atoms with van der Waals surface area (Å²) in [6, 6.07) is 14.9. The van der Waals surface area contributed by atoms with Crippen LogP contribution in [0.3, 0.4) is 0 Å². The van der Waals surface area contributed by atoms with Gasteiger partial charge in [0.1, 0.15) is 0 Å². The largest absolute Gasteiger partial charge is 0.454 e. The maximum Gasteiger partial charge on any atom is 0.254 e. The van der Waals surface area contributed by atoms with Crippen molar-refractivity contribution in [2.24, 2.45) is 5.92 Å². The molecule has 37 heavy (non-hydrogen) atoms. The summed E-state index contributed by atoms with van der Waals surface area (Å²) in [6.45, 7) is 1.43. The molecular weight excluding hydrogens is 470 g/mol. The molecule has 0 saturated carbocycles. The van der Waals surface area contributed by atoms with Crippen LogP contribution in [0.2, 0.25) is 0 Å². The molecule has 3 aliphatic rings. The molecule has 8 heteroatoms.